The zero-order valence-corrected chi connectivity index (χ0v) is 11.3. The standard InChI is InChI=1S/C10H14ClFN2O3S/c1-14(3-2-4-15)18(16,17)13-10-6-8(11)5-9(12)7-10/h5-7,13,15H,2-4H2,1H3. The molecule has 102 valence electrons. The highest BCUT2D eigenvalue weighted by Gasteiger charge is 2.17. The molecule has 1 aromatic carbocycles. The highest BCUT2D eigenvalue weighted by molar-refractivity contribution is 7.90. The van der Waals surface area contributed by atoms with Crippen LogP contribution in [0.15, 0.2) is 18.2 Å². The van der Waals surface area contributed by atoms with E-state index in [9.17, 15) is 12.8 Å². The molecule has 0 bridgehead atoms. The van der Waals surface area contributed by atoms with E-state index in [0.29, 0.717) is 6.42 Å². The van der Waals surface area contributed by atoms with Gasteiger partial charge < -0.3 is 5.11 Å². The molecule has 18 heavy (non-hydrogen) atoms. The van der Waals surface area contributed by atoms with Crippen LogP contribution in [0.25, 0.3) is 0 Å². The van der Waals surface area contributed by atoms with Gasteiger partial charge in [-0.05, 0) is 24.6 Å². The lowest BCUT2D eigenvalue weighted by molar-refractivity contribution is 0.276. The van der Waals surface area contributed by atoms with Crippen molar-refractivity contribution in [2.24, 2.45) is 0 Å². The number of rotatable bonds is 6. The molecule has 0 saturated carbocycles. The smallest absolute Gasteiger partial charge is 0.301 e. The second-order valence-electron chi connectivity index (χ2n) is 3.66. The highest BCUT2D eigenvalue weighted by atomic mass is 35.5. The summed E-state index contributed by atoms with van der Waals surface area (Å²) in [6, 6.07) is 3.42. The third-order valence-corrected chi connectivity index (χ3v) is 3.87. The van der Waals surface area contributed by atoms with E-state index in [1.165, 1.54) is 13.1 Å². The molecule has 0 amide bonds. The lowest BCUT2D eigenvalue weighted by Gasteiger charge is -2.17. The summed E-state index contributed by atoms with van der Waals surface area (Å²) in [6.45, 7) is 0.0561. The average Bonchev–Trinajstić information content (AvgIpc) is 2.23. The van der Waals surface area contributed by atoms with Crippen LogP contribution in [0.3, 0.4) is 0 Å². The van der Waals surface area contributed by atoms with Crippen molar-refractivity contribution >= 4 is 27.5 Å². The SMILES string of the molecule is CN(CCCO)S(=O)(=O)Nc1cc(F)cc(Cl)c1. The van der Waals surface area contributed by atoms with E-state index < -0.39 is 16.0 Å². The van der Waals surface area contributed by atoms with Gasteiger partial charge in [0.25, 0.3) is 0 Å². The van der Waals surface area contributed by atoms with E-state index in [1.54, 1.807) is 0 Å². The monoisotopic (exact) mass is 296 g/mol. The number of nitrogens with zero attached hydrogens (tertiary/aromatic N) is 1. The van der Waals surface area contributed by atoms with E-state index in [1.807, 2.05) is 0 Å². The number of halogens is 2. The van der Waals surface area contributed by atoms with Gasteiger partial charge in [-0.1, -0.05) is 11.6 Å². The van der Waals surface area contributed by atoms with Crippen LogP contribution in [0.2, 0.25) is 5.02 Å². The molecule has 0 radical (unpaired) electrons. The Morgan fingerprint density at radius 2 is 2.11 bits per heavy atom. The molecule has 0 saturated heterocycles. The summed E-state index contributed by atoms with van der Waals surface area (Å²) in [7, 11) is -2.41. The molecule has 0 spiro atoms. The Morgan fingerprint density at radius 3 is 2.67 bits per heavy atom. The van der Waals surface area contributed by atoms with Gasteiger partial charge in [-0.2, -0.15) is 12.7 Å². The maximum atomic E-state index is 13.0. The summed E-state index contributed by atoms with van der Waals surface area (Å²) in [5, 5.41) is 8.74. The quantitative estimate of drug-likeness (QED) is 0.835. The predicted octanol–water partition coefficient (Wildman–Crippen LogP) is 1.45. The topological polar surface area (TPSA) is 69.6 Å². The fraction of sp³-hybridized carbons (Fsp3) is 0.400. The Balaban J connectivity index is 2.81. The van der Waals surface area contributed by atoms with E-state index in [-0.39, 0.29) is 23.9 Å². The summed E-state index contributed by atoms with van der Waals surface area (Å²) in [5.74, 6) is -0.627. The molecule has 8 heteroatoms. The first kappa shape index (κ1) is 15.2. The third kappa shape index (κ3) is 4.41. The Bertz CT molecular complexity index is 490. The van der Waals surface area contributed by atoms with Crippen molar-refractivity contribution in [3.05, 3.63) is 29.0 Å². The number of nitrogens with one attached hydrogen (secondary N) is 1. The van der Waals surface area contributed by atoms with Crippen LogP contribution in [0.4, 0.5) is 10.1 Å². The van der Waals surface area contributed by atoms with Crippen LogP contribution in [-0.2, 0) is 10.2 Å². The zero-order chi connectivity index (χ0) is 13.8. The lowest BCUT2D eigenvalue weighted by Crippen LogP contribution is -2.33. The van der Waals surface area contributed by atoms with Crippen LogP contribution in [0, 0.1) is 5.82 Å². The van der Waals surface area contributed by atoms with E-state index >= 15 is 0 Å². The molecule has 0 aliphatic heterocycles. The molecule has 0 atom stereocenters. The fourth-order valence-electron chi connectivity index (χ4n) is 1.25. The molecule has 0 unspecified atom stereocenters. The van der Waals surface area contributed by atoms with Crippen molar-refractivity contribution in [1.82, 2.24) is 4.31 Å². The summed E-state index contributed by atoms with van der Waals surface area (Å²) in [6.07, 6.45) is 0.321. The normalized spacial score (nSPS) is 11.8. The van der Waals surface area contributed by atoms with Gasteiger partial charge in [0.15, 0.2) is 0 Å². The van der Waals surface area contributed by atoms with Gasteiger partial charge in [0.2, 0.25) is 0 Å². The maximum absolute atomic E-state index is 13.0. The van der Waals surface area contributed by atoms with Crippen LogP contribution < -0.4 is 4.72 Å². The summed E-state index contributed by atoms with van der Waals surface area (Å²) >= 11 is 5.62. The molecule has 0 aromatic heterocycles. The third-order valence-electron chi connectivity index (χ3n) is 2.15. The van der Waals surface area contributed by atoms with Gasteiger partial charge in [-0.3, -0.25) is 4.72 Å². The molecular weight excluding hydrogens is 283 g/mol. The van der Waals surface area contributed by atoms with Crippen molar-refractivity contribution in [2.45, 2.75) is 6.42 Å². The fourth-order valence-corrected chi connectivity index (χ4v) is 2.42. The van der Waals surface area contributed by atoms with Gasteiger partial charge in [0.05, 0.1) is 5.69 Å². The van der Waals surface area contributed by atoms with Crippen molar-refractivity contribution in [3.63, 3.8) is 0 Å². The van der Waals surface area contributed by atoms with Gasteiger partial charge in [0, 0.05) is 25.2 Å². The Labute approximate surface area is 110 Å². The average molecular weight is 297 g/mol. The van der Waals surface area contributed by atoms with Crippen LogP contribution in [-0.4, -0.2) is 38.0 Å². The highest BCUT2D eigenvalue weighted by Crippen LogP contribution is 2.19. The summed E-state index contributed by atoms with van der Waals surface area (Å²) in [4.78, 5) is 0. The molecule has 0 fully saturated rings. The second kappa shape index (κ2) is 6.33. The molecule has 5 nitrogen and oxygen atoms in total. The molecule has 0 aliphatic carbocycles. The number of aliphatic hydroxyl groups excluding tert-OH is 1. The maximum Gasteiger partial charge on any atom is 0.301 e. The van der Waals surface area contributed by atoms with Gasteiger partial charge >= 0.3 is 10.2 Å². The molecular formula is C10H14ClFN2O3S. The second-order valence-corrected chi connectivity index (χ2v) is 5.88. The lowest BCUT2D eigenvalue weighted by atomic mass is 10.3. The minimum Gasteiger partial charge on any atom is -0.396 e. The predicted molar refractivity (Wildman–Crippen MR) is 68.3 cm³/mol. The summed E-state index contributed by atoms with van der Waals surface area (Å²) < 4.78 is 39.9. The zero-order valence-electron chi connectivity index (χ0n) is 9.73. The Hall–Kier alpha value is -0.890. The number of anilines is 1. The van der Waals surface area contributed by atoms with E-state index in [2.05, 4.69) is 4.72 Å². The Morgan fingerprint density at radius 1 is 1.44 bits per heavy atom. The molecule has 0 aliphatic rings. The minimum atomic E-state index is -3.77. The number of benzene rings is 1. The Kier molecular flexibility index (Phi) is 5.33. The van der Waals surface area contributed by atoms with Crippen LogP contribution >= 0.6 is 11.6 Å². The van der Waals surface area contributed by atoms with Crippen LogP contribution in [0.1, 0.15) is 6.42 Å². The number of hydrogen-bond donors (Lipinski definition) is 2. The molecule has 0 heterocycles. The molecule has 1 rings (SSSR count). The van der Waals surface area contributed by atoms with Gasteiger partial charge in [-0.25, -0.2) is 4.39 Å². The first-order chi connectivity index (χ1) is 8.35. The van der Waals surface area contributed by atoms with E-state index in [0.717, 1.165) is 16.4 Å². The van der Waals surface area contributed by atoms with Crippen molar-refractivity contribution in [1.29, 1.82) is 0 Å². The number of hydrogen-bond acceptors (Lipinski definition) is 3. The summed E-state index contributed by atoms with van der Waals surface area (Å²) in [5.41, 5.74) is 0.0517. The van der Waals surface area contributed by atoms with Crippen molar-refractivity contribution < 1.29 is 17.9 Å². The molecule has 1 aromatic rings. The van der Waals surface area contributed by atoms with Crippen molar-refractivity contribution in [3.8, 4) is 0 Å². The van der Waals surface area contributed by atoms with Crippen LogP contribution in [0.5, 0.6) is 0 Å². The first-order valence-corrected chi connectivity index (χ1v) is 6.98. The minimum absolute atomic E-state index is 0.0517. The number of aliphatic hydroxyl groups is 1. The van der Waals surface area contributed by atoms with Gasteiger partial charge in [0.1, 0.15) is 5.82 Å². The molecule has 2 N–H and O–H groups in total. The first-order valence-electron chi connectivity index (χ1n) is 5.16. The van der Waals surface area contributed by atoms with Gasteiger partial charge in [-0.15, -0.1) is 0 Å². The van der Waals surface area contributed by atoms with Crippen molar-refractivity contribution in [2.75, 3.05) is 24.9 Å². The van der Waals surface area contributed by atoms with E-state index in [4.69, 9.17) is 16.7 Å². The largest absolute Gasteiger partial charge is 0.396 e.